The van der Waals surface area contributed by atoms with Crippen molar-refractivity contribution in [2.45, 2.75) is 63.9 Å². The van der Waals surface area contributed by atoms with Crippen molar-refractivity contribution >= 4 is 0 Å². The molecule has 2 fully saturated rings. The molecule has 2 aliphatic carbocycles. The van der Waals surface area contributed by atoms with E-state index in [-0.39, 0.29) is 5.60 Å². The molecule has 1 heteroatoms. The van der Waals surface area contributed by atoms with Gasteiger partial charge in [-0.15, -0.1) is 0 Å². The van der Waals surface area contributed by atoms with Gasteiger partial charge in [0, 0.05) is 0 Å². The van der Waals surface area contributed by atoms with Gasteiger partial charge >= 0.3 is 0 Å². The van der Waals surface area contributed by atoms with Gasteiger partial charge in [-0.3, -0.25) is 0 Å². The maximum Gasteiger partial charge on any atom is 0.0703 e. The molecular formula is C11H20O. The van der Waals surface area contributed by atoms with E-state index in [2.05, 4.69) is 6.92 Å². The zero-order valence-electron chi connectivity index (χ0n) is 8.10. The molecule has 0 radical (unpaired) electrons. The van der Waals surface area contributed by atoms with Crippen LogP contribution in [0.25, 0.3) is 0 Å². The smallest absolute Gasteiger partial charge is 0.0703 e. The molecule has 2 aliphatic rings. The highest BCUT2D eigenvalue weighted by molar-refractivity contribution is 5.09. The summed E-state index contributed by atoms with van der Waals surface area (Å²) in [7, 11) is 0. The first-order chi connectivity index (χ1) is 5.72. The lowest BCUT2D eigenvalue weighted by atomic mass is 9.54. The Morgan fingerprint density at radius 2 is 1.75 bits per heavy atom. The van der Waals surface area contributed by atoms with Gasteiger partial charge in [0.05, 0.1) is 5.60 Å². The first kappa shape index (κ1) is 8.55. The van der Waals surface area contributed by atoms with Crippen molar-refractivity contribution in [3.63, 3.8) is 0 Å². The monoisotopic (exact) mass is 168 g/mol. The van der Waals surface area contributed by atoms with Gasteiger partial charge in [-0.25, -0.2) is 0 Å². The summed E-state index contributed by atoms with van der Waals surface area (Å²) in [6, 6.07) is 0. The predicted molar refractivity (Wildman–Crippen MR) is 50.0 cm³/mol. The van der Waals surface area contributed by atoms with Gasteiger partial charge in [0.1, 0.15) is 0 Å². The van der Waals surface area contributed by atoms with Crippen LogP contribution in [0.4, 0.5) is 0 Å². The van der Waals surface area contributed by atoms with E-state index in [0.29, 0.717) is 5.41 Å². The Bertz CT molecular complexity index is 170. The Morgan fingerprint density at radius 1 is 1.08 bits per heavy atom. The van der Waals surface area contributed by atoms with Crippen LogP contribution >= 0.6 is 0 Å². The summed E-state index contributed by atoms with van der Waals surface area (Å²) in [5.74, 6) is 0. The van der Waals surface area contributed by atoms with Crippen LogP contribution in [0.15, 0.2) is 0 Å². The van der Waals surface area contributed by atoms with Crippen LogP contribution in [0.2, 0.25) is 0 Å². The number of aliphatic hydroxyl groups is 1. The van der Waals surface area contributed by atoms with Crippen molar-refractivity contribution < 1.29 is 5.11 Å². The van der Waals surface area contributed by atoms with Crippen LogP contribution < -0.4 is 0 Å². The van der Waals surface area contributed by atoms with E-state index in [9.17, 15) is 5.11 Å². The fraction of sp³-hybridized carbons (Fsp3) is 1.00. The van der Waals surface area contributed by atoms with Crippen LogP contribution in [0.3, 0.4) is 0 Å². The van der Waals surface area contributed by atoms with E-state index in [1.807, 2.05) is 0 Å². The number of rotatable bonds is 2. The molecule has 0 aromatic heterocycles. The van der Waals surface area contributed by atoms with Crippen molar-refractivity contribution in [1.82, 2.24) is 0 Å². The standard InChI is InChI=1S/C11H20O/c1-2-5-11(12)9-8-10(11)6-3-4-7-10/h12H,2-9H2,1H3. The summed E-state index contributed by atoms with van der Waals surface area (Å²) in [6.45, 7) is 2.18. The molecule has 2 saturated carbocycles. The number of hydrogen-bond donors (Lipinski definition) is 1. The second kappa shape index (κ2) is 2.73. The Morgan fingerprint density at radius 3 is 2.17 bits per heavy atom. The van der Waals surface area contributed by atoms with Crippen LogP contribution in [0.1, 0.15) is 58.3 Å². The average molecular weight is 168 g/mol. The molecular weight excluding hydrogens is 148 g/mol. The van der Waals surface area contributed by atoms with Crippen molar-refractivity contribution in [2.75, 3.05) is 0 Å². The molecule has 1 unspecified atom stereocenters. The normalized spacial score (nSPS) is 38.5. The van der Waals surface area contributed by atoms with Gasteiger partial charge in [0.25, 0.3) is 0 Å². The molecule has 2 rings (SSSR count). The van der Waals surface area contributed by atoms with E-state index >= 15 is 0 Å². The molecule has 12 heavy (non-hydrogen) atoms. The quantitative estimate of drug-likeness (QED) is 0.672. The molecule has 0 bridgehead atoms. The molecule has 1 N–H and O–H groups in total. The van der Waals surface area contributed by atoms with Gasteiger partial charge in [-0.1, -0.05) is 26.2 Å². The third-order valence-corrected chi connectivity index (χ3v) is 4.23. The zero-order valence-corrected chi connectivity index (χ0v) is 8.10. The Balaban J connectivity index is 2.07. The van der Waals surface area contributed by atoms with E-state index in [4.69, 9.17) is 0 Å². The Hall–Kier alpha value is -0.0400. The van der Waals surface area contributed by atoms with Crippen LogP contribution in [-0.2, 0) is 0 Å². The molecule has 0 saturated heterocycles. The largest absolute Gasteiger partial charge is 0.389 e. The molecule has 1 atom stereocenters. The van der Waals surface area contributed by atoms with Gasteiger partial charge in [0.2, 0.25) is 0 Å². The first-order valence-corrected chi connectivity index (χ1v) is 5.45. The molecule has 1 spiro atoms. The second-order valence-corrected chi connectivity index (χ2v) is 4.77. The molecule has 1 nitrogen and oxygen atoms in total. The first-order valence-electron chi connectivity index (χ1n) is 5.45. The van der Waals surface area contributed by atoms with Gasteiger partial charge < -0.3 is 5.11 Å². The summed E-state index contributed by atoms with van der Waals surface area (Å²) in [4.78, 5) is 0. The Labute approximate surface area is 75.2 Å². The van der Waals surface area contributed by atoms with Crippen molar-refractivity contribution in [1.29, 1.82) is 0 Å². The zero-order chi connectivity index (χ0) is 8.66. The lowest BCUT2D eigenvalue weighted by Gasteiger charge is -2.55. The minimum atomic E-state index is -0.252. The average Bonchev–Trinajstić information content (AvgIpc) is 2.53. The third-order valence-electron chi connectivity index (χ3n) is 4.23. The molecule has 0 aromatic carbocycles. The SMILES string of the molecule is CCCC1(O)CCC12CCCC2. The van der Waals surface area contributed by atoms with E-state index < -0.39 is 0 Å². The number of hydrogen-bond acceptors (Lipinski definition) is 1. The summed E-state index contributed by atoms with van der Waals surface area (Å²) in [5.41, 5.74) is 0.126. The van der Waals surface area contributed by atoms with E-state index in [1.165, 1.54) is 32.1 Å². The van der Waals surface area contributed by atoms with Gasteiger partial charge in [0.15, 0.2) is 0 Å². The predicted octanol–water partition coefficient (Wildman–Crippen LogP) is 2.87. The maximum absolute atomic E-state index is 10.4. The summed E-state index contributed by atoms with van der Waals surface area (Å²) >= 11 is 0. The van der Waals surface area contributed by atoms with Crippen LogP contribution in [0.5, 0.6) is 0 Å². The van der Waals surface area contributed by atoms with Crippen molar-refractivity contribution in [2.24, 2.45) is 5.41 Å². The third kappa shape index (κ3) is 0.953. The fourth-order valence-electron chi connectivity index (χ4n) is 3.34. The van der Waals surface area contributed by atoms with Gasteiger partial charge in [-0.2, -0.15) is 0 Å². The van der Waals surface area contributed by atoms with E-state index in [0.717, 1.165) is 19.3 Å². The summed E-state index contributed by atoms with van der Waals surface area (Å²) in [6.07, 6.45) is 9.83. The van der Waals surface area contributed by atoms with Crippen LogP contribution in [-0.4, -0.2) is 10.7 Å². The molecule has 0 aromatic rings. The highest BCUT2D eigenvalue weighted by Crippen LogP contribution is 2.61. The lowest BCUT2D eigenvalue weighted by molar-refractivity contribution is -0.169. The maximum atomic E-state index is 10.4. The van der Waals surface area contributed by atoms with Gasteiger partial charge in [-0.05, 0) is 37.5 Å². The minimum absolute atomic E-state index is 0.252. The topological polar surface area (TPSA) is 20.2 Å². The molecule has 0 heterocycles. The molecule has 70 valence electrons. The summed E-state index contributed by atoms with van der Waals surface area (Å²) in [5, 5.41) is 10.4. The molecule has 0 amide bonds. The summed E-state index contributed by atoms with van der Waals surface area (Å²) < 4.78 is 0. The highest BCUT2D eigenvalue weighted by atomic mass is 16.3. The Kier molecular flexibility index (Phi) is 1.95. The molecule has 0 aliphatic heterocycles. The highest BCUT2D eigenvalue weighted by Gasteiger charge is 2.57. The van der Waals surface area contributed by atoms with Crippen molar-refractivity contribution in [3.05, 3.63) is 0 Å². The van der Waals surface area contributed by atoms with Crippen LogP contribution in [0, 0.1) is 5.41 Å². The second-order valence-electron chi connectivity index (χ2n) is 4.77. The fourth-order valence-corrected chi connectivity index (χ4v) is 3.34. The lowest BCUT2D eigenvalue weighted by Crippen LogP contribution is -2.55. The minimum Gasteiger partial charge on any atom is -0.389 e. The van der Waals surface area contributed by atoms with Crippen molar-refractivity contribution in [3.8, 4) is 0 Å². The van der Waals surface area contributed by atoms with E-state index in [1.54, 1.807) is 0 Å².